The van der Waals surface area contributed by atoms with Gasteiger partial charge in [0.2, 0.25) is 0 Å². The highest BCUT2D eigenvalue weighted by molar-refractivity contribution is 6.11. The first-order chi connectivity index (χ1) is 28.4. The van der Waals surface area contributed by atoms with Gasteiger partial charge in [0, 0.05) is 33.5 Å². The van der Waals surface area contributed by atoms with Crippen LogP contribution in [0.25, 0.3) is 60.9 Å². The van der Waals surface area contributed by atoms with Gasteiger partial charge in [-0.25, -0.2) is 0 Å². The molecular formula is C55H48N2O. The Morgan fingerprint density at radius 2 is 0.862 bits per heavy atom. The van der Waals surface area contributed by atoms with Crippen LogP contribution in [0.4, 0.5) is 17.1 Å². The number of fused-ring (bicyclic) bond motifs is 3. The van der Waals surface area contributed by atoms with Gasteiger partial charge >= 0.3 is 0 Å². The lowest BCUT2D eigenvalue weighted by Gasteiger charge is -2.25. The van der Waals surface area contributed by atoms with Gasteiger partial charge in [-0.05, 0) is 150 Å². The van der Waals surface area contributed by atoms with Crippen LogP contribution in [0.2, 0.25) is 0 Å². The van der Waals surface area contributed by atoms with E-state index in [1.807, 2.05) is 0 Å². The molecule has 284 valence electrons. The number of aromatic nitrogens is 1. The molecule has 1 unspecified atom stereocenters. The summed E-state index contributed by atoms with van der Waals surface area (Å²) in [5, 5.41) is 2.44. The van der Waals surface area contributed by atoms with Gasteiger partial charge in [-0.2, -0.15) is 0 Å². The molecule has 1 aromatic heterocycles. The Balaban J connectivity index is 1.11. The second-order valence-electron chi connectivity index (χ2n) is 15.5. The molecule has 0 saturated heterocycles. The third-order valence-electron chi connectivity index (χ3n) is 11.4. The van der Waals surface area contributed by atoms with E-state index in [0.717, 1.165) is 34.9 Å². The quantitative estimate of drug-likeness (QED) is 0.131. The van der Waals surface area contributed by atoms with E-state index in [0.29, 0.717) is 5.92 Å². The number of rotatable bonds is 11. The maximum atomic E-state index is 6.01. The molecule has 8 aromatic carbocycles. The third kappa shape index (κ3) is 7.28. The maximum absolute atomic E-state index is 6.01. The molecule has 0 N–H and O–H groups in total. The van der Waals surface area contributed by atoms with Crippen molar-refractivity contribution < 1.29 is 4.74 Å². The molecule has 9 rings (SSSR count). The van der Waals surface area contributed by atoms with Crippen molar-refractivity contribution in [2.24, 2.45) is 0 Å². The lowest BCUT2D eigenvalue weighted by molar-refractivity contribution is 0.242. The fourth-order valence-corrected chi connectivity index (χ4v) is 8.11. The monoisotopic (exact) mass is 752 g/mol. The van der Waals surface area contributed by atoms with Gasteiger partial charge < -0.3 is 14.2 Å². The van der Waals surface area contributed by atoms with E-state index >= 15 is 0 Å². The largest absolute Gasteiger partial charge is 0.491 e. The van der Waals surface area contributed by atoms with E-state index in [-0.39, 0.29) is 6.10 Å². The summed E-state index contributed by atoms with van der Waals surface area (Å²) in [5.41, 5.74) is 15.4. The summed E-state index contributed by atoms with van der Waals surface area (Å²) in [6.45, 7) is 8.66. The van der Waals surface area contributed by atoms with Gasteiger partial charge in [-0.3, -0.25) is 0 Å². The van der Waals surface area contributed by atoms with Crippen molar-refractivity contribution in [3.63, 3.8) is 0 Å². The van der Waals surface area contributed by atoms with Crippen LogP contribution in [0.1, 0.15) is 45.6 Å². The van der Waals surface area contributed by atoms with Gasteiger partial charge in [0.15, 0.2) is 0 Å². The average Bonchev–Trinajstić information content (AvgIpc) is 3.60. The summed E-state index contributed by atoms with van der Waals surface area (Å²) in [5.74, 6) is 1.45. The van der Waals surface area contributed by atoms with Crippen LogP contribution < -0.4 is 9.64 Å². The Morgan fingerprint density at radius 3 is 1.33 bits per heavy atom. The van der Waals surface area contributed by atoms with Crippen LogP contribution in [0.5, 0.6) is 5.75 Å². The maximum Gasteiger partial charge on any atom is 0.119 e. The molecule has 0 aliphatic carbocycles. The Kier molecular flexibility index (Phi) is 10.1. The zero-order valence-corrected chi connectivity index (χ0v) is 33.6. The van der Waals surface area contributed by atoms with Crippen LogP contribution >= 0.6 is 0 Å². The standard InChI is InChI=1S/C55H48N2O/c1-5-39(4)40-16-18-41(19-17-40)42-20-22-43(23-21-42)45-26-34-54-52(36-45)53-37-46(27-35-55(53)57(54)50-30-32-51(33-31-50)58-38(2)3)44-24-28-49(29-25-44)56(47-12-8-6-9-13-47)48-14-10-7-11-15-48/h6-39H,5H2,1-4H3. The molecule has 3 nitrogen and oxygen atoms in total. The van der Waals surface area contributed by atoms with Gasteiger partial charge in [0.05, 0.1) is 17.1 Å². The highest BCUT2D eigenvalue weighted by atomic mass is 16.5. The molecule has 1 heterocycles. The topological polar surface area (TPSA) is 17.4 Å². The number of ether oxygens (including phenoxy) is 1. The first-order valence-corrected chi connectivity index (χ1v) is 20.5. The summed E-state index contributed by atoms with van der Waals surface area (Å²) in [6, 6.07) is 70.4. The summed E-state index contributed by atoms with van der Waals surface area (Å²) in [4.78, 5) is 2.30. The molecule has 0 fully saturated rings. The van der Waals surface area contributed by atoms with Crippen molar-refractivity contribution in [2.75, 3.05) is 4.90 Å². The fourth-order valence-electron chi connectivity index (χ4n) is 8.11. The van der Waals surface area contributed by atoms with Crippen LogP contribution in [0.15, 0.2) is 194 Å². The minimum atomic E-state index is 0.119. The van der Waals surface area contributed by atoms with Crippen molar-refractivity contribution in [1.82, 2.24) is 4.57 Å². The number of hydrogen-bond acceptors (Lipinski definition) is 2. The minimum absolute atomic E-state index is 0.119. The van der Waals surface area contributed by atoms with E-state index < -0.39 is 0 Å². The number of anilines is 3. The normalized spacial score (nSPS) is 11.9. The molecule has 0 radical (unpaired) electrons. The van der Waals surface area contributed by atoms with E-state index in [9.17, 15) is 0 Å². The molecule has 1 atom stereocenters. The zero-order chi connectivity index (χ0) is 39.6. The molecule has 0 spiro atoms. The van der Waals surface area contributed by atoms with Crippen molar-refractivity contribution in [1.29, 1.82) is 0 Å². The van der Waals surface area contributed by atoms with Crippen LogP contribution in [-0.2, 0) is 0 Å². The Morgan fingerprint density at radius 1 is 0.448 bits per heavy atom. The fraction of sp³-hybridized carbons (Fsp3) is 0.127. The zero-order valence-electron chi connectivity index (χ0n) is 33.6. The van der Waals surface area contributed by atoms with Crippen LogP contribution in [0.3, 0.4) is 0 Å². The number of para-hydroxylation sites is 2. The van der Waals surface area contributed by atoms with Gasteiger partial charge in [0.1, 0.15) is 5.75 Å². The Bertz CT molecular complexity index is 2740. The minimum Gasteiger partial charge on any atom is -0.491 e. The first kappa shape index (κ1) is 36.8. The number of hydrogen-bond donors (Lipinski definition) is 0. The van der Waals surface area contributed by atoms with Crippen LogP contribution in [0, 0.1) is 0 Å². The summed E-state index contributed by atoms with van der Waals surface area (Å²) < 4.78 is 8.39. The second kappa shape index (κ2) is 16.0. The smallest absolute Gasteiger partial charge is 0.119 e. The number of benzene rings is 8. The Labute approximate surface area is 342 Å². The molecule has 3 heteroatoms. The van der Waals surface area contributed by atoms with Crippen LogP contribution in [-0.4, -0.2) is 10.7 Å². The van der Waals surface area contributed by atoms with E-state index in [1.54, 1.807) is 0 Å². The summed E-state index contributed by atoms with van der Waals surface area (Å²) in [6.07, 6.45) is 1.27. The molecular weight excluding hydrogens is 705 g/mol. The molecule has 0 saturated carbocycles. The van der Waals surface area contributed by atoms with Gasteiger partial charge in [0.25, 0.3) is 0 Å². The molecule has 0 bridgehead atoms. The van der Waals surface area contributed by atoms with E-state index in [2.05, 4.69) is 231 Å². The average molecular weight is 753 g/mol. The van der Waals surface area contributed by atoms with Crippen molar-refractivity contribution in [3.8, 4) is 44.8 Å². The molecule has 58 heavy (non-hydrogen) atoms. The molecule has 0 aliphatic heterocycles. The number of nitrogens with zero attached hydrogens (tertiary/aromatic N) is 2. The van der Waals surface area contributed by atoms with Crippen molar-refractivity contribution in [2.45, 2.75) is 46.1 Å². The predicted octanol–water partition coefficient (Wildman–Crippen LogP) is 15.6. The molecule has 0 amide bonds. The lowest BCUT2D eigenvalue weighted by atomic mass is 9.95. The van der Waals surface area contributed by atoms with E-state index in [1.165, 1.54) is 60.8 Å². The van der Waals surface area contributed by atoms with Crippen molar-refractivity contribution >= 4 is 38.9 Å². The molecule has 9 aromatic rings. The highest BCUT2D eigenvalue weighted by Crippen LogP contribution is 2.40. The summed E-state index contributed by atoms with van der Waals surface area (Å²) in [7, 11) is 0. The lowest BCUT2D eigenvalue weighted by Crippen LogP contribution is -2.09. The SMILES string of the molecule is CCC(C)c1ccc(-c2ccc(-c3ccc4c(c3)c3cc(-c5ccc(N(c6ccccc6)c6ccccc6)cc5)ccc3n4-c3ccc(OC(C)C)cc3)cc2)cc1. The summed E-state index contributed by atoms with van der Waals surface area (Å²) >= 11 is 0. The van der Waals surface area contributed by atoms with Gasteiger partial charge in [-0.1, -0.05) is 123 Å². The third-order valence-corrected chi connectivity index (χ3v) is 11.4. The van der Waals surface area contributed by atoms with Gasteiger partial charge in [-0.15, -0.1) is 0 Å². The molecule has 0 aliphatic rings. The second-order valence-corrected chi connectivity index (χ2v) is 15.5. The Hall–Kier alpha value is -6.84. The van der Waals surface area contributed by atoms with Crippen molar-refractivity contribution in [3.05, 3.63) is 200 Å². The highest BCUT2D eigenvalue weighted by Gasteiger charge is 2.17. The first-order valence-electron chi connectivity index (χ1n) is 20.5. The van der Waals surface area contributed by atoms with E-state index in [4.69, 9.17) is 4.74 Å². The predicted molar refractivity (Wildman–Crippen MR) is 246 cm³/mol.